The zero-order valence-electron chi connectivity index (χ0n) is 14.4. The van der Waals surface area contributed by atoms with Gasteiger partial charge in [0.25, 0.3) is 0 Å². The molecule has 8 heteroatoms. The summed E-state index contributed by atoms with van der Waals surface area (Å²) >= 11 is 0. The van der Waals surface area contributed by atoms with Gasteiger partial charge in [0.1, 0.15) is 6.42 Å². The number of carbonyl (C=O) groups excluding carboxylic acids is 2. The lowest BCUT2D eigenvalue weighted by Gasteiger charge is -2.38. The molecule has 1 aliphatic carbocycles. The van der Waals surface area contributed by atoms with Gasteiger partial charge in [0.05, 0.1) is 13.5 Å². The van der Waals surface area contributed by atoms with E-state index in [0.29, 0.717) is 32.6 Å². The monoisotopic (exact) mass is 360 g/mol. The van der Waals surface area contributed by atoms with Gasteiger partial charge in [-0.25, -0.2) is 0 Å². The number of rotatable bonds is 4. The van der Waals surface area contributed by atoms with Crippen molar-refractivity contribution in [3.05, 3.63) is 23.9 Å². The molecule has 1 amide bonds. The van der Waals surface area contributed by atoms with Crippen molar-refractivity contribution in [2.45, 2.75) is 32.4 Å². The minimum absolute atomic E-state index is 0.266. The maximum absolute atomic E-state index is 12.6. The summed E-state index contributed by atoms with van der Waals surface area (Å²) in [4.78, 5) is 26.8. The lowest BCUT2D eigenvalue weighted by atomic mass is 9.80. The first-order chi connectivity index (χ1) is 11.6. The lowest BCUT2D eigenvalue weighted by molar-refractivity contribution is -0.151. The number of halogens is 3. The van der Waals surface area contributed by atoms with E-state index in [0.717, 1.165) is 5.70 Å². The molecule has 0 spiro atoms. The smallest absolute Gasteiger partial charge is 0.389 e. The molecule has 0 aromatic rings. The molecule has 5 nitrogen and oxygen atoms in total. The topological polar surface area (TPSA) is 49.9 Å². The summed E-state index contributed by atoms with van der Waals surface area (Å²) in [5.74, 6) is -0.827. The Kier molecular flexibility index (Phi) is 5.80. The number of nitrogens with zero attached hydrogens (tertiary/aromatic N) is 2. The average molecular weight is 360 g/mol. The molecule has 140 valence electrons. The van der Waals surface area contributed by atoms with Crippen LogP contribution in [-0.2, 0) is 14.3 Å². The Bertz CT molecular complexity index is 578. The summed E-state index contributed by atoms with van der Waals surface area (Å²) in [5, 5.41) is 0. The Morgan fingerprint density at radius 2 is 1.88 bits per heavy atom. The van der Waals surface area contributed by atoms with Crippen molar-refractivity contribution in [3.8, 4) is 0 Å². The number of piperazine rings is 1. The van der Waals surface area contributed by atoms with Crippen LogP contribution in [0, 0.1) is 5.41 Å². The van der Waals surface area contributed by atoms with Gasteiger partial charge in [0.2, 0.25) is 5.91 Å². The van der Waals surface area contributed by atoms with Crippen molar-refractivity contribution in [2.75, 3.05) is 33.3 Å². The first kappa shape index (κ1) is 19.3. The molecule has 2 aliphatic rings. The van der Waals surface area contributed by atoms with Gasteiger partial charge in [0, 0.05) is 31.9 Å². The van der Waals surface area contributed by atoms with E-state index in [-0.39, 0.29) is 12.3 Å². The maximum Gasteiger partial charge on any atom is 0.389 e. The zero-order chi connectivity index (χ0) is 18.7. The number of alkyl halides is 3. The van der Waals surface area contributed by atoms with Crippen LogP contribution >= 0.6 is 0 Å². The van der Waals surface area contributed by atoms with Gasteiger partial charge >= 0.3 is 12.1 Å². The van der Waals surface area contributed by atoms with Crippen LogP contribution in [0.1, 0.15) is 26.2 Å². The Labute approximate surface area is 145 Å². The molecule has 0 bridgehead atoms. The number of amides is 1. The predicted molar refractivity (Wildman–Crippen MR) is 85.4 cm³/mol. The third-order valence-corrected chi connectivity index (χ3v) is 4.56. The van der Waals surface area contributed by atoms with Crippen molar-refractivity contribution in [1.82, 2.24) is 9.80 Å². The van der Waals surface area contributed by atoms with E-state index >= 15 is 0 Å². The van der Waals surface area contributed by atoms with Gasteiger partial charge in [-0.3, -0.25) is 9.59 Å². The van der Waals surface area contributed by atoms with Gasteiger partial charge in [0.15, 0.2) is 0 Å². The highest BCUT2D eigenvalue weighted by atomic mass is 19.4. The number of methoxy groups -OCH3 is 1. The Hall–Kier alpha value is -1.99. The minimum atomic E-state index is -4.18. The van der Waals surface area contributed by atoms with E-state index in [9.17, 15) is 22.8 Å². The molecule has 1 saturated heterocycles. The highest BCUT2D eigenvalue weighted by molar-refractivity contribution is 5.94. The van der Waals surface area contributed by atoms with Gasteiger partial charge in [-0.05, 0) is 17.9 Å². The van der Waals surface area contributed by atoms with E-state index < -0.39 is 24.0 Å². The molecule has 0 N–H and O–H groups in total. The van der Waals surface area contributed by atoms with Gasteiger partial charge < -0.3 is 14.5 Å². The molecule has 1 aliphatic heterocycles. The quantitative estimate of drug-likeness (QED) is 0.571. The van der Waals surface area contributed by atoms with Gasteiger partial charge in [-0.15, -0.1) is 0 Å². The van der Waals surface area contributed by atoms with Crippen LogP contribution in [0.4, 0.5) is 13.2 Å². The van der Waals surface area contributed by atoms with Crippen LogP contribution in [0.2, 0.25) is 0 Å². The van der Waals surface area contributed by atoms with E-state index in [2.05, 4.69) is 4.74 Å². The van der Waals surface area contributed by atoms with Crippen molar-refractivity contribution < 1.29 is 27.5 Å². The standard InChI is InChI=1S/C17H23F3N2O3/c1-16(12-17(18,19)20)5-3-13(4-6-16)21-7-9-22(10-8-21)14(23)11-15(24)25-2/h3-5H,6-12H2,1-2H3. The summed E-state index contributed by atoms with van der Waals surface area (Å²) in [6, 6.07) is 0. The molecule has 0 radical (unpaired) electrons. The second-order valence-corrected chi connectivity index (χ2v) is 6.73. The first-order valence-electron chi connectivity index (χ1n) is 8.18. The second-order valence-electron chi connectivity index (χ2n) is 6.73. The Balaban J connectivity index is 1.86. The van der Waals surface area contributed by atoms with E-state index in [1.807, 2.05) is 11.0 Å². The number of esters is 1. The molecule has 1 fully saturated rings. The van der Waals surface area contributed by atoms with Crippen molar-refractivity contribution in [2.24, 2.45) is 5.41 Å². The van der Waals surface area contributed by atoms with Crippen molar-refractivity contribution >= 4 is 11.9 Å². The molecule has 1 atom stereocenters. The largest absolute Gasteiger partial charge is 0.469 e. The van der Waals surface area contributed by atoms with E-state index in [1.165, 1.54) is 7.11 Å². The summed E-state index contributed by atoms with van der Waals surface area (Å²) in [6.45, 7) is 3.72. The highest BCUT2D eigenvalue weighted by Gasteiger charge is 2.38. The summed E-state index contributed by atoms with van der Waals surface area (Å²) in [5.41, 5.74) is -0.0141. The Morgan fingerprint density at radius 1 is 1.24 bits per heavy atom. The third kappa shape index (κ3) is 5.51. The first-order valence-corrected chi connectivity index (χ1v) is 8.18. The minimum Gasteiger partial charge on any atom is -0.469 e. The molecule has 1 heterocycles. The molecule has 0 aromatic heterocycles. The fraction of sp³-hybridized carbons (Fsp3) is 0.647. The van der Waals surface area contributed by atoms with E-state index in [1.54, 1.807) is 24.0 Å². The molecule has 25 heavy (non-hydrogen) atoms. The zero-order valence-corrected chi connectivity index (χ0v) is 14.4. The summed E-state index contributed by atoms with van der Waals surface area (Å²) in [6.07, 6.45) is 0.240. The molecule has 1 unspecified atom stereocenters. The fourth-order valence-electron chi connectivity index (χ4n) is 3.11. The summed E-state index contributed by atoms with van der Waals surface area (Å²) in [7, 11) is 1.24. The van der Waals surface area contributed by atoms with Crippen LogP contribution in [0.3, 0.4) is 0 Å². The van der Waals surface area contributed by atoms with Crippen molar-refractivity contribution in [1.29, 1.82) is 0 Å². The fourth-order valence-corrected chi connectivity index (χ4v) is 3.11. The van der Waals surface area contributed by atoms with E-state index in [4.69, 9.17) is 0 Å². The highest BCUT2D eigenvalue weighted by Crippen LogP contribution is 2.40. The van der Waals surface area contributed by atoms with Crippen LogP contribution in [0.15, 0.2) is 23.9 Å². The van der Waals surface area contributed by atoms with Crippen LogP contribution in [-0.4, -0.2) is 61.1 Å². The maximum atomic E-state index is 12.6. The number of allylic oxidation sites excluding steroid dienone is 3. The lowest BCUT2D eigenvalue weighted by Crippen LogP contribution is -2.48. The number of ether oxygens (including phenoxy) is 1. The van der Waals surface area contributed by atoms with Crippen LogP contribution in [0.25, 0.3) is 0 Å². The molecular weight excluding hydrogens is 337 g/mol. The van der Waals surface area contributed by atoms with Crippen LogP contribution < -0.4 is 0 Å². The third-order valence-electron chi connectivity index (χ3n) is 4.56. The van der Waals surface area contributed by atoms with Crippen LogP contribution in [0.5, 0.6) is 0 Å². The molecule has 2 rings (SSSR count). The SMILES string of the molecule is COC(=O)CC(=O)N1CCN(C2=CCC(C)(CC(F)(F)F)C=C2)CC1. The number of hydrogen-bond donors (Lipinski definition) is 0. The number of carbonyl (C=O) groups is 2. The van der Waals surface area contributed by atoms with Crippen molar-refractivity contribution in [3.63, 3.8) is 0 Å². The average Bonchev–Trinajstić information content (AvgIpc) is 2.53. The molecule has 0 saturated carbocycles. The normalized spacial score (nSPS) is 24.1. The van der Waals surface area contributed by atoms with Gasteiger partial charge in [-0.1, -0.05) is 19.1 Å². The van der Waals surface area contributed by atoms with Gasteiger partial charge in [-0.2, -0.15) is 13.2 Å². The second kappa shape index (κ2) is 7.49. The summed E-state index contributed by atoms with van der Waals surface area (Å²) < 4.78 is 42.4. The molecular formula is C17H23F3N2O3. The predicted octanol–water partition coefficient (Wildman–Crippen LogP) is 2.50. The molecule has 0 aromatic carbocycles. The number of hydrogen-bond acceptors (Lipinski definition) is 4. The Morgan fingerprint density at radius 3 is 2.36 bits per heavy atom.